The fraction of sp³-hybridized carbons (Fsp3) is 0.133. The smallest absolute Gasteiger partial charge is 0.265 e. The summed E-state index contributed by atoms with van der Waals surface area (Å²) in [6.45, 7) is 0. The number of nitrogens with one attached hydrogen (secondary N) is 1. The maximum atomic E-state index is 12.9. The minimum Gasteiger partial charge on any atom is -0.478 e. The number of halogens is 1. The summed E-state index contributed by atoms with van der Waals surface area (Å²) in [5.41, 5.74) is 7.71. The van der Waals surface area contributed by atoms with Crippen LogP contribution in [0.1, 0.15) is 5.56 Å². The second-order valence-electron chi connectivity index (χ2n) is 4.68. The normalized spacial score (nSPS) is 17.1. The standard InChI is InChI=1S/C15H13FN2O2/c16-10-3-1-9(2-4-10)7-14-15(19)18-12-6-5-11(17)8-13(12)20-14/h1-6,8,14H,7,17H2,(H,18,19). The van der Waals surface area contributed by atoms with Crippen LogP contribution in [-0.2, 0) is 11.2 Å². The van der Waals surface area contributed by atoms with Crippen LogP contribution in [-0.4, -0.2) is 12.0 Å². The largest absolute Gasteiger partial charge is 0.478 e. The van der Waals surface area contributed by atoms with Crippen molar-refractivity contribution in [2.75, 3.05) is 11.1 Å². The van der Waals surface area contributed by atoms with Gasteiger partial charge in [-0.25, -0.2) is 4.39 Å². The second kappa shape index (κ2) is 4.85. The van der Waals surface area contributed by atoms with Crippen molar-refractivity contribution in [1.29, 1.82) is 0 Å². The van der Waals surface area contributed by atoms with Crippen LogP contribution in [0.4, 0.5) is 15.8 Å². The summed E-state index contributed by atoms with van der Waals surface area (Å²) in [7, 11) is 0. The molecule has 0 spiro atoms. The maximum Gasteiger partial charge on any atom is 0.265 e. The molecular formula is C15H13FN2O2. The van der Waals surface area contributed by atoms with E-state index >= 15 is 0 Å². The van der Waals surface area contributed by atoms with Gasteiger partial charge in [-0.15, -0.1) is 0 Å². The highest BCUT2D eigenvalue weighted by molar-refractivity contribution is 5.98. The molecule has 0 fully saturated rings. The Morgan fingerprint density at radius 3 is 2.70 bits per heavy atom. The quantitative estimate of drug-likeness (QED) is 0.825. The van der Waals surface area contributed by atoms with Gasteiger partial charge in [0.05, 0.1) is 5.69 Å². The monoisotopic (exact) mass is 272 g/mol. The van der Waals surface area contributed by atoms with E-state index in [4.69, 9.17) is 10.5 Å². The molecule has 0 saturated carbocycles. The van der Waals surface area contributed by atoms with Crippen molar-refractivity contribution in [1.82, 2.24) is 0 Å². The number of hydrogen-bond acceptors (Lipinski definition) is 3. The van der Waals surface area contributed by atoms with E-state index in [2.05, 4.69) is 5.32 Å². The lowest BCUT2D eigenvalue weighted by molar-refractivity contribution is -0.123. The Balaban J connectivity index is 1.81. The molecule has 1 aliphatic heterocycles. The number of nitrogen functional groups attached to an aromatic ring is 1. The van der Waals surface area contributed by atoms with Gasteiger partial charge in [-0.1, -0.05) is 12.1 Å². The fourth-order valence-corrected chi connectivity index (χ4v) is 2.13. The first-order valence-corrected chi connectivity index (χ1v) is 6.23. The molecule has 1 unspecified atom stereocenters. The van der Waals surface area contributed by atoms with Crippen LogP contribution in [0.3, 0.4) is 0 Å². The Hall–Kier alpha value is -2.56. The number of anilines is 2. The lowest BCUT2D eigenvalue weighted by atomic mass is 10.1. The molecule has 0 bridgehead atoms. The molecule has 20 heavy (non-hydrogen) atoms. The molecule has 3 rings (SSSR count). The predicted octanol–water partition coefficient (Wildman–Crippen LogP) is 2.35. The predicted molar refractivity (Wildman–Crippen MR) is 74.0 cm³/mol. The zero-order chi connectivity index (χ0) is 14.1. The third-order valence-corrected chi connectivity index (χ3v) is 3.16. The van der Waals surface area contributed by atoms with Crippen LogP contribution < -0.4 is 15.8 Å². The molecule has 0 saturated heterocycles. The van der Waals surface area contributed by atoms with Crippen molar-refractivity contribution in [2.45, 2.75) is 12.5 Å². The number of carbonyl (C=O) groups excluding carboxylic acids is 1. The SMILES string of the molecule is Nc1ccc2c(c1)OC(Cc1ccc(F)cc1)C(=O)N2. The average Bonchev–Trinajstić information content (AvgIpc) is 2.42. The summed E-state index contributed by atoms with van der Waals surface area (Å²) in [5, 5.41) is 2.78. The van der Waals surface area contributed by atoms with Crippen LogP contribution >= 0.6 is 0 Å². The van der Waals surface area contributed by atoms with E-state index in [-0.39, 0.29) is 11.7 Å². The number of nitrogens with two attached hydrogens (primary N) is 1. The van der Waals surface area contributed by atoms with Gasteiger partial charge in [-0.05, 0) is 29.8 Å². The number of benzene rings is 2. The summed E-state index contributed by atoms with van der Waals surface area (Å²) >= 11 is 0. The van der Waals surface area contributed by atoms with Crippen LogP contribution in [0.5, 0.6) is 5.75 Å². The Morgan fingerprint density at radius 2 is 1.95 bits per heavy atom. The van der Waals surface area contributed by atoms with Crippen LogP contribution in [0, 0.1) is 5.82 Å². The van der Waals surface area contributed by atoms with Crippen molar-refractivity contribution < 1.29 is 13.9 Å². The highest BCUT2D eigenvalue weighted by Gasteiger charge is 2.27. The minimum absolute atomic E-state index is 0.216. The molecule has 1 aliphatic rings. The Bertz CT molecular complexity index is 655. The van der Waals surface area contributed by atoms with E-state index in [0.717, 1.165) is 5.56 Å². The number of rotatable bonds is 2. The van der Waals surface area contributed by atoms with Gasteiger partial charge in [0.15, 0.2) is 6.10 Å². The van der Waals surface area contributed by atoms with E-state index in [1.54, 1.807) is 30.3 Å². The van der Waals surface area contributed by atoms with Gasteiger partial charge in [0.25, 0.3) is 5.91 Å². The molecule has 4 nitrogen and oxygen atoms in total. The molecule has 2 aromatic carbocycles. The highest BCUT2D eigenvalue weighted by atomic mass is 19.1. The Labute approximate surface area is 115 Å². The number of amides is 1. The molecular weight excluding hydrogens is 259 g/mol. The summed E-state index contributed by atoms with van der Waals surface area (Å²) in [6, 6.07) is 11.1. The minimum atomic E-state index is -0.644. The second-order valence-corrected chi connectivity index (χ2v) is 4.68. The molecule has 1 amide bonds. The van der Waals surface area contributed by atoms with Gasteiger partial charge in [0.1, 0.15) is 11.6 Å². The number of carbonyl (C=O) groups is 1. The summed E-state index contributed by atoms with van der Waals surface area (Å²) in [4.78, 5) is 12.0. The van der Waals surface area contributed by atoms with E-state index < -0.39 is 6.10 Å². The lowest BCUT2D eigenvalue weighted by Crippen LogP contribution is -2.38. The third-order valence-electron chi connectivity index (χ3n) is 3.16. The zero-order valence-corrected chi connectivity index (χ0v) is 10.6. The van der Waals surface area contributed by atoms with E-state index in [1.165, 1.54) is 12.1 Å². The molecule has 5 heteroatoms. The number of ether oxygens (including phenoxy) is 1. The number of hydrogen-bond donors (Lipinski definition) is 2. The number of fused-ring (bicyclic) bond motifs is 1. The van der Waals surface area contributed by atoms with Crippen molar-refractivity contribution in [2.24, 2.45) is 0 Å². The topological polar surface area (TPSA) is 64.3 Å². The lowest BCUT2D eigenvalue weighted by Gasteiger charge is -2.26. The van der Waals surface area contributed by atoms with E-state index in [9.17, 15) is 9.18 Å². The first kappa shape index (κ1) is 12.5. The Kier molecular flexibility index (Phi) is 3.02. The van der Waals surface area contributed by atoms with E-state index in [1.807, 2.05) is 0 Å². The Morgan fingerprint density at radius 1 is 1.20 bits per heavy atom. The first-order chi connectivity index (χ1) is 9.61. The fourth-order valence-electron chi connectivity index (χ4n) is 2.13. The van der Waals surface area contributed by atoms with Crippen molar-refractivity contribution in [3.05, 3.63) is 53.8 Å². The zero-order valence-electron chi connectivity index (χ0n) is 10.6. The summed E-state index contributed by atoms with van der Waals surface area (Å²) in [6.07, 6.45) is -0.268. The molecule has 0 aliphatic carbocycles. The van der Waals surface area contributed by atoms with Gasteiger partial charge in [0, 0.05) is 18.2 Å². The molecule has 2 aromatic rings. The maximum absolute atomic E-state index is 12.9. The van der Waals surface area contributed by atoms with Crippen LogP contribution in [0.2, 0.25) is 0 Å². The molecule has 102 valence electrons. The van der Waals surface area contributed by atoms with Crippen molar-refractivity contribution in [3.63, 3.8) is 0 Å². The van der Waals surface area contributed by atoms with Crippen molar-refractivity contribution >= 4 is 17.3 Å². The first-order valence-electron chi connectivity index (χ1n) is 6.23. The molecule has 1 atom stereocenters. The molecule has 1 heterocycles. The highest BCUT2D eigenvalue weighted by Crippen LogP contribution is 2.32. The summed E-state index contributed by atoms with van der Waals surface area (Å²) < 4.78 is 18.5. The average molecular weight is 272 g/mol. The molecule has 0 aromatic heterocycles. The van der Waals surface area contributed by atoms with Crippen LogP contribution in [0.15, 0.2) is 42.5 Å². The van der Waals surface area contributed by atoms with Crippen molar-refractivity contribution in [3.8, 4) is 5.75 Å². The summed E-state index contributed by atoms with van der Waals surface area (Å²) in [5.74, 6) is 0.0317. The third kappa shape index (κ3) is 2.42. The van der Waals surface area contributed by atoms with E-state index in [0.29, 0.717) is 23.5 Å². The van der Waals surface area contributed by atoms with Gasteiger partial charge >= 0.3 is 0 Å². The van der Waals surface area contributed by atoms with Gasteiger partial charge in [-0.2, -0.15) is 0 Å². The van der Waals surface area contributed by atoms with Crippen LogP contribution in [0.25, 0.3) is 0 Å². The van der Waals surface area contributed by atoms with Gasteiger partial charge in [0.2, 0.25) is 0 Å². The molecule has 0 radical (unpaired) electrons. The van der Waals surface area contributed by atoms with Gasteiger partial charge in [-0.3, -0.25) is 4.79 Å². The molecule has 3 N–H and O–H groups in total. The van der Waals surface area contributed by atoms with Gasteiger partial charge < -0.3 is 15.8 Å².